The van der Waals surface area contributed by atoms with E-state index in [1.165, 1.54) is 0 Å². The summed E-state index contributed by atoms with van der Waals surface area (Å²) in [5.74, 6) is -1.36. The zero-order valence-corrected chi connectivity index (χ0v) is 10.2. The monoisotopic (exact) mass is 308 g/mol. The second-order valence-electron chi connectivity index (χ2n) is 4.20. The van der Waals surface area contributed by atoms with Crippen LogP contribution in [0.1, 0.15) is 11.1 Å². The minimum atomic E-state index is -4.96. The van der Waals surface area contributed by atoms with Gasteiger partial charge in [0, 0.05) is 5.56 Å². The smallest absolute Gasteiger partial charge is 0.206 e. The normalized spacial score (nSPS) is 12.5. The second-order valence-corrected chi connectivity index (χ2v) is 4.20. The highest BCUT2D eigenvalue weighted by Crippen LogP contribution is 2.43. The van der Waals surface area contributed by atoms with E-state index in [1.807, 2.05) is 0 Å². The van der Waals surface area contributed by atoms with E-state index in [2.05, 4.69) is 0 Å². The van der Waals surface area contributed by atoms with E-state index in [-0.39, 0.29) is 0 Å². The fraction of sp³-hybridized carbons (Fsp3) is 0.143. The summed E-state index contributed by atoms with van der Waals surface area (Å²) in [6, 6.07) is 5.62. The van der Waals surface area contributed by atoms with Gasteiger partial charge in [-0.2, -0.15) is 26.3 Å². The average Bonchev–Trinajstić information content (AvgIpc) is 2.36. The molecule has 0 atom stereocenters. The highest BCUT2D eigenvalue weighted by molar-refractivity contribution is 5.72. The van der Waals surface area contributed by atoms with Crippen LogP contribution in [0.5, 0.6) is 0 Å². The lowest BCUT2D eigenvalue weighted by molar-refractivity contribution is -0.139. The van der Waals surface area contributed by atoms with Crippen LogP contribution in [0, 0.1) is 5.82 Å². The van der Waals surface area contributed by atoms with Crippen LogP contribution in [0.2, 0.25) is 0 Å². The van der Waals surface area contributed by atoms with Crippen molar-refractivity contribution in [1.82, 2.24) is 0 Å². The first-order chi connectivity index (χ1) is 9.62. The number of rotatable bonds is 1. The fourth-order valence-electron chi connectivity index (χ4n) is 1.98. The summed E-state index contributed by atoms with van der Waals surface area (Å²) in [4.78, 5) is 0. The lowest BCUT2D eigenvalue weighted by Crippen LogP contribution is -2.12. The Morgan fingerprint density at radius 3 is 1.71 bits per heavy atom. The van der Waals surface area contributed by atoms with Crippen LogP contribution >= 0.6 is 0 Å². The Kier molecular flexibility index (Phi) is 3.69. The zero-order chi connectivity index (χ0) is 15.8. The molecule has 0 radical (unpaired) electrons. The maximum atomic E-state index is 13.8. The molecule has 0 aliphatic carbocycles. The summed E-state index contributed by atoms with van der Waals surface area (Å²) in [6.07, 6.45) is -9.85. The summed E-state index contributed by atoms with van der Waals surface area (Å²) in [5, 5.41) is 0. The third-order valence-corrected chi connectivity index (χ3v) is 2.82. The molecule has 0 aromatic heterocycles. The van der Waals surface area contributed by atoms with Crippen LogP contribution in [-0.2, 0) is 12.4 Å². The van der Waals surface area contributed by atoms with E-state index in [0.717, 1.165) is 24.3 Å². The molecule has 2 rings (SSSR count). The maximum absolute atomic E-state index is 13.8. The molecule has 0 unspecified atom stereocenters. The number of hydrogen-bond donors (Lipinski definition) is 0. The Balaban J connectivity index is 2.81. The van der Waals surface area contributed by atoms with E-state index < -0.39 is 40.4 Å². The Labute approximate surface area is 114 Å². The van der Waals surface area contributed by atoms with E-state index in [1.54, 1.807) is 0 Å². The van der Waals surface area contributed by atoms with Crippen molar-refractivity contribution in [3.63, 3.8) is 0 Å². The molecule has 0 N–H and O–H groups in total. The van der Waals surface area contributed by atoms with Crippen LogP contribution in [0.4, 0.5) is 30.7 Å². The summed E-state index contributed by atoms with van der Waals surface area (Å²) in [5.41, 5.74) is -4.70. The first-order valence-corrected chi connectivity index (χ1v) is 5.64. The largest absolute Gasteiger partial charge is 0.417 e. The van der Waals surface area contributed by atoms with Gasteiger partial charge in [-0.25, -0.2) is 4.39 Å². The van der Waals surface area contributed by atoms with Crippen molar-refractivity contribution in [2.24, 2.45) is 0 Å². The SMILES string of the molecule is Fc1cccc(C(F)(F)F)c1-c1ccccc1C(F)(F)F. The van der Waals surface area contributed by atoms with Gasteiger partial charge in [0.25, 0.3) is 0 Å². The van der Waals surface area contributed by atoms with Crippen LogP contribution in [0.3, 0.4) is 0 Å². The number of alkyl halides is 6. The summed E-state index contributed by atoms with van der Waals surface area (Å²) >= 11 is 0. The quantitative estimate of drug-likeness (QED) is 0.608. The molecule has 0 aliphatic rings. The number of hydrogen-bond acceptors (Lipinski definition) is 0. The second kappa shape index (κ2) is 5.05. The minimum absolute atomic E-state index is 0.547. The van der Waals surface area contributed by atoms with Crippen molar-refractivity contribution < 1.29 is 30.7 Å². The van der Waals surface area contributed by atoms with E-state index in [0.29, 0.717) is 18.2 Å². The molecule has 0 saturated carbocycles. The summed E-state index contributed by atoms with van der Waals surface area (Å²) in [7, 11) is 0. The topological polar surface area (TPSA) is 0 Å². The highest BCUT2D eigenvalue weighted by Gasteiger charge is 2.39. The van der Waals surface area contributed by atoms with Crippen LogP contribution in [-0.4, -0.2) is 0 Å². The first kappa shape index (κ1) is 15.3. The van der Waals surface area contributed by atoms with Crippen LogP contribution in [0.25, 0.3) is 11.1 Å². The molecule has 0 aliphatic heterocycles. The van der Waals surface area contributed by atoms with Gasteiger partial charge in [0.05, 0.1) is 11.1 Å². The maximum Gasteiger partial charge on any atom is 0.417 e. The van der Waals surface area contributed by atoms with Gasteiger partial charge in [0.1, 0.15) is 5.82 Å². The Morgan fingerprint density at radius 1 is 0.619 bits per heavy atom. The fourth-order valence-corrected chi connectivity index (χ4v) is 1.98. The van der Waals surface area contributed by atoms with E-state index in [9.17, 15) is 30.7 Å². The molecule has 0 bridgehead atoms. The minimum Gasteiger partial charge on any atom is -0.206 e. The highest BCUT2D eigenvalue weighted by atomic mass is 19.4. The Morgan fingerprint density at radius 2 is 1.14 bits per heavy atom. The van der Waals surface area contributed by atoms with Gasteiger partial charge in [-0.05, 0) is 23.8 Å². The Hall–Kier alpha value is -2.05. The van der Waals surface area contributed by atoms with Crippen molar-refractivity contribution >= 4 is 0 Å². The summed E-state index contributed by atoms with van der Waals surface area (Å²) < 4.78 is 91.1. The zero-order valence-electron chi connectivity index (χ0n) is 10.2. The molecule has 21 heavy (non-hydrogen) atoms. The van der Waals surface area contributed by atoms with Gasteiger partial charge in [0.2, 0.25) is 0 Å². The summed E-state index contributed by atoms with van der Waals surface area (Å²) in [6.45, 7) is 0. The molecule has 0 amide bonds. The van der Waals surface area contributed by atoms with Crippen LogP contribution in [0.15, 0.2) is 42.5 Å². The third-order valence-electron chi connectivity index (χ3n) is 2.82. The van der Waals surface area contributed by atoms with Crippen molar-refractivity contribution in [2.45, 2.75) is 12.4 Å². The number of benzene rings is 2. The lowest BCUT2D eigenvalue weighted by atomic mass is 9.94. The third kappa shape index (κ3) is 3.01. The molecule has 0 nitrogen and oxygen atoms in total. The average molecular weight is 308 g/mol. The molecular weight excluding hydrogens is 301 g/mol. The molecule has 0 fully saturated rings. The molecule has 2 aromatic rings. The van der Waals surface area contributed by atoms with Gasteiger partial charge in [-0.3, -0.25) is 0 Å². The van der Waals surface area contributed by atoms with Crippen molar-refractivity contribution in [1.29, 1.82) is 0 Å². The first-order valence-electron chi connectivity index (χ1n) is 5.64. The molecule has 0 saturated heterocycles. The van der Waals surface area contributed by atoms with Gasteiger partial charge in [-0.1, -0.05) is 24.3 Å². The van der Waals surface area contributed by atoms with Gasteiger partial charge < -0.3 is 0 Å². The lowest BCUT2D eigenvalue weighted by Gasteiger charge is -2.17. The van der Waals surface area contributed by atoms with Gasteiger partial charge in [0.15, 0.2) is 0 Å². The van der Waals surface area contributed by atoms with Crippen LogP contribution < -0.4 is 0 Å². The molecule has 0 spiro atoms. The van der Waals surface area contributed by atoms with Gasteiger partial charge in [-0.15, -0.1) is 0 Å². The Bertz CT molecular complexity index is 653. The van der Waals surface area contributed by atoms with Crippen molar-refractivity contribution in [3.05, 3.63) is 59.4 Å². The van der Waals surface area contributed by atoms with Gasteiger partial charge >= 0.3 is 12.4 Å². The molecule has 112 valence electrons. The van der Waals surface area contributed by atoms with E-state index in [4.69, 9.17) is 0 Å². The standard InChI is InChI=1S/C14H7F7/c15-11-7-3-6-10(14(19,20)21)12(11)8-4-1-2-5-9(8)13(16,17)18/h1-7H. The van der Waals surface area contributed by atoms with Crippen molar-refractivity contribution in [2.75, 3.05) is 0 Å². The number of halogens is 7. The van der Waals surface area contributed by atoms with Crippen molar-refractivity contribution in [3.8, 4) is 11.1 Å². The molecule has 2 aromatic carbocycles. The predicted octanol–water partition coefficient (Wildman–Crippen LogP) is 5.53. The predicted molar refractivity (Wildman–Crippen MR) is 61.8 cm³/mol. The molecule has 7 heteroatoms. The molecular formula is C14H7F7. The van der Waals surface area contributed by atoms with E-state index >= 15 is 0 Å². The molecule has 0 heterocycles.